The van der Waals surface area contributed by atoms with E-state index in [0.29, 0.717) is 0 Å². The summed E-state index contributed by atoms with van der Waals surface area (Å²) in [6.45, 7) is 0. The molecule has 0 aromatic rings. The summed E-state index contributed by atoms with van der Waals surface area (Å²) in [7, 11) is 0. The van der Waals surface area contributed by atoms with Crippen molar-refractivity contribution in [2.75, 3.05) is 0 Å². The second-order valence-electron chi connectivity index (χ2n) is 0. The summed E-state index contributed by atoms with van der Waals surface area (Å²) < 4.78 is 0. The molecule has 0 heterocycles. The summed E-state index contributed by atoms with van der Waals surface area (Å²) in [6.07, 6.45) is 0. The van der Waals surface area contributed by atoms with E-state index in [1.54, 1.807) is 0 Å². The molecule has 24 valence electrons. The molecule has 0 rings (SSSR count). The van der Waals surface area contributed by atoms with Gasteiger partial charge in [-0.15, -0.1) is 0 Å². The largest absolute Gasteiger partial charge is 5.00 e. The first-order valence-electron chi connectivity index (χ1n) is 0. The number of hydrogen-bond acceptors (Lipinski definition) is 0. The Labute approximate surface area is 62.7 Å². The standard InChI is InChI=1S/Hf.3N.V/q+4;3*-3;+5. The molecule has 0 aliphatic rings. The van der Waals surface area contributed by atoms with Crippen LogP contribution in [0, 0.1) is 0 Å². The quantitative estimate of drug-likeness (QED) is 0.585. The van der Waals surface area contributed by atoms with Crippen LogP contribution < -0.4 is 0 Å². The van der Waals surface area contributed by atoms with Gasteiger partial charge in [-0.1, -0.05) is 0 Å². The summed E-state index contributed by atoms with van der Waals surface area (Å²) in [6, 6.07) is 0. The second kappa shape index (κ2) is 56.3. The van der Waals surface area contributed by atoms with Crippen molar-refractivity contribution in [1.29, 1.82) is 0 Å². The van der Waals surface area contributed by atoms with E-state index in [-0.39, 0.29) is 62.9 Å². The summed E-state index contributed by atoms with van der Waals surface area (Å²) in [5.41, 5.74) is 0. The van der Waals surface area contributed by atoms with Crippen molar-refractivity contribution in [3.63, 3.8) is 0 Å². The van der Waals surface area contributed by atoms with Crippen LogP contribution in [0.5, 0.6) is 0 Å². The molecule has 0 fully saturated rings. The Morgan fingerprint density at radius 2 is 0.600 bits per heavy atom. The van der Waals surface area contributed by atoms with Gasteiger partial charge in [0.2, 0.25) is 0 Å². The summed E-state index contributed by atoms with van der Waals surface area (Å²) in [4.78, 5) is 0. The fourth-order valence-electron chi connectivity index (χ4n) is 0. The fraction of sp³-hybridized carbons (Fsp3) is 0. The van der Waals surface area contributed by atoms with Crippen LogP contribution in [0.4, 0.5) is 0 Å². The fourth-order valence-corrected chi connectivity index (χ4v) is 0. The summed E-state index contributed by atoms with van der Waals surface area (Å²) in [5.74, 6) is 0. The third kappa shape index (κ3) is 33.3. The third-order valence-electron chi connectivity index (χ3n) is 0. The zero-order valence-corrected chi connectivity index (χ0v) is 7.28. The molecule has 0 aromatic carbocycles. The maximum atomic E-state index is 0. The van der Waals surface area contributed by atoms with E-state index < -0.39 is 0 Å². The minimum Gasteiger partial charge on any atom is -3.00 e. The van der Waals surface area contributed by atoms with E-state index in [4.69, 9.17) is 0 Å². The Balaban J connectivity index is 0. The van der Waals surface area contributed by atoms with Gasteiger partial charge in [-0.05, 0) is 0 Å². The van der Waals surface area contributed by atoms with E-state index >= 15 is 0 Å². The normalized spacial score (nSPS) is 0. The Kier molecular flexibility index (Phi) is 1140. The SMILES string of the molecule is [Hf+4].[N-3].[N-3].[N-3].[V+5]. The molecule has 0 unspecified atom stereocenters. The van der Waals surface area contributed by atoms with Gasteiger partial charge in [0.1, 0.15) is 0 Å². The van der Waals surface area contributed by atoms with Crippen molar-refractivity contribution in [3.8, 4) is 0 Å². The van der Waals surface area contributed by atoms with Gasteiger partial charge in [-0.25, -0.2) is 0 Å². The molecule has 0 amide bonds. The first-order chi connectivity index (χ1) is 0. The Morgan fingerprint density at radius 1 is 0.600 bits per heavy atom. The van der Waals surface area contributed by atoms with Crippen molar-refractivity contribution in [1.82, 2.24) is 0 Å². The minimum atomic E-state index is 0. The zero-order chi connectivity index (χ0) is 0. The molecule has 0 bridgehead atoms. The van der Waals surface area contributed by atoms with Crippen molar-refractivity contribution in [2.45, 2.75) is 0 Å². The van der Waals surface area contributed by atoms with Gasteiger partial charge in [-0.3, -0.25) is 0 Å². The maximum absolute atomic E-state index is 0. The van der Waals surface area contributed by atoms with E-state index in [2.05, 4.69) is 0 Å². The molecular formula is HfN3V. The maximum Gasteiger partial charge on any atom is 5.00 e. The van der Waals surface area contributed by atoms with Gasteiger partial charge in [0.25, 0.3) is 0 Å². The molecule has 5 heavy (non-hydrogen) atoms. The van der Waals surface area contributed by atoms with Crippen molar-refractivity contribution < 1.29 is 44.4 Å². The second-order valence-corrected chi connectivity index (χ2v) is 0. The molecule has 0 aliphatic carbocycles. The smallest absolute Gasteiger partial charge is 3.00 e. The molecule has 0 aliphatic heterocycles. The molecular weight excluding hydrogens is 271 g/mol. The van der Waals surface area contributed by atoms with Gasteiger partial charge in [0.05, 0.1) is 0 Å². The predicted octanol–water partition coefficient (Wildman–Crippen LogP) is 0.861. The van der Waals surface area contributed by atoms with Crippen LogP contribution in [-0.4, -0.2) is 0 Å². The van der Waals surface area contributed by atoms with E-state index in [9.17, 15) is 0 Å². The van der Waals surface area contributed by atoms with Crippen molar-refractivity contribution >= 4 is 0 Å². The molecule has 0 aromatic heterocycles. The van der Waals surface area contributed by atoms with Crippen molar-refractivity contribution in [3.05, 3.63) is 18.5 Å². The Hall–Kier alpha value is 1.33. The van der Waals surface area contributed by atoms with E-state index in [0.717, 1.165) is 0 Å². The first kappa shape index (κ1) is 101. The van der Waals surface area contributed by atoms with Gasteiger partial charge < -0.3 is 18.5 Å². The molecule has 5 heteroatoms. The van der Waals surface area contributed by atoms with Crippen LogP contribution in [-0.2, 0) is 44.4 Å². The van der Waals surface area contributed by atoms with Crippen LogP contribution in [0.25, 0.3) is 18.5 Å². The molecule has 0 N–H and O–H groups in total. The van der Waals surface area contributed by atoms with Crippen molar-refractivity contribution in [2.24, 2.45) is 0 Å². The predicted molar refractivity (Wildman–Crippen MR) is 10.1 cm³/mol. The van der Waals surface area contributed by atoms with Crippen LogP contribution in [0.3, 0.4) is 0 Å². The molecule has 3 nitrogen and oxygen atoms in total. The summed E-state index contributed by atoms with van der Waals surface area (Å²) >= 11 is 0. The number of nitrogens with zero attached hydrogens (tertiary/aromatic N) is 3. The topological polar surface area (TPSA) is 91.5 Å². The first-order valence-corrected chi connectivity index (χ1v) is 0. The zero-order valence-electron chi connectivity index (χ0n) is 2.29. The average molecular weight is 271 g/mol. The Morgan fingerprint density at radius 3 is 0.600 bits per heavy atom. The van der Waals surface area contributed by atoms with Crippen LogP contribution in [0.2, 0.25) is 0 Å². The van der Waals surface area contributed by atoms with Gasteiger partial charge in [0.15, 0.2) is 0 Å². The average Bonchev–Trinajstić information content (AvgIpc) is 0. The molecule has 0 saturated carbocycles. The minimum absolute atomic E-state index is 0. The summed E-state index contributed by atoms with van der Waals surface area (Å²) in [5, 5.41) is 0. The van der Waals surface area contributed by atoms with Gasteiger partial charge in [-0.2, -0.15) is 0 Å². The van der Waals surface area contributed by atoms with Crippen LogP contribution >= 0.6 is 0 Å². The van der Waals surface area contributed by atoms with Crippen LogP contribution in [0.1, 0.15) is 0 Å². The monoisotopic (exact) mass is 273 g/mol. The third-order valence-corrected chi connectivity index (χ3v) is 0. The Bertz CT molecular complexity index is 6.85. The number of hydrogen-bond donors (Lipinski definition) is 0. The molecule has 0 spiro atoms. The van der Waals surface area contributed by atoms with Gasteiger partial charge >= 0.3 is 44.4 Å². The molecule has 0 atom stereocenters. The van der Waals surface area contributed by atoms with E-state index in [1.807, 2.05) is 0 Å². The molecule has 0 radical (unpaired) electrons. The van der Waals surface area contributed by atoms with E-state index in [1.165, 1.54) is 0 Å². The number of rotatable bonds is 0. The van der Waals surface area contributed by atoms with Gasteiger partial charge in [0, 0.05) is 0 Å². The molecule has 0 saturated heterocycles. The van der Waals surface area contributed by atoms with Crippen LogP contribution in [0.15, 0.2) is 0 Å².